The molecule has 0 spiro atoms. The van der Waals surface area contributed by atoms with Gasteiger partial charge in [0.1, 0.15) is 5.92 Å². The zero-order valence-electron chi connectivity index (χ0n) is 8.45. The molecule has 2 nitrogen and oxygen atoms in total. The number of aryl methyl sites for hydroxylation is 1. The molecule has 0 heterocycles. The van der Waals surface area contributed by atoms with Crippen LogP contribution in [-0.4, -0.2) is 5.78 Å². The Labute approximate surface area is 84.2 Å². The van der Waals surface area contributed by atoms with E-state index in [9.17, 15) is 4.79 Å². The molecule has 0 fully saturated rings. The quantitative estimate of drug-likeness (QED) is 0.729. The Hall–Kier alpha value is -1.62. The van der Waals surface area contributed by atoms with E-state index in [1.165, 1.54) is 0 Å². The Kier molecular flexibility index (Phi) is 3.41. The van der Waals surface area contributed by atoms with Crippen LogP contribution in [0.5, 0.6) is 0 Å². The molecule has 0 amide bonds. The molecule has 0 unspecified atom stereocenters. The first kappa shape index (κ1) is 10.5. The first-order valence-corrected chi connectivity index (χ1v) is 4.68. The minimum absolute atomic E-state index is 0.0173. The lowest BCUT2D eigenvalue weighted by atomic mass is 9.94. The predicted octanol–water partition coefficient (Wildman–Crippen LogP) is 2.58. The lowest BCUT2D eigenvalue weighted by Gasteiger charge is -2.06. The zero-order chi connectivity index (χ0) is 10.6. The first-order chi connectivity index (χ1) is 6.69. The molecule has 0 aliphatic rings. The number of rotatable bonds is 3. The van der Waals surface area contributed by atoms with Gasteiger partial charge in [-0.1, -0.05) is 36.8 Å². The fourth-order valence-electron chi connectivity index (χ4n) is 1.30. The third-order valence-corrected chi connectivity index (χ3v) is 2.21. The molecule has 0 saturated carbocycles. The largest absolute Gasteiger partial charge is 0.298 e. The second-order valence-corrected chi connectivity index (χ2v) is 3.29. The van der Waals surface area contributed by atoms with Gasteiger partial charge in [-0.2, -0.15) is 5.26 Å². The van der Waals surface area contributed by atoms with Crippen LogP contribution in [0.1, 0.15) is 30.4 Å². The monoisotopic (exact) mass is 187 g/mol. The second-order valence-electron chi connectivity index (χ2n) is 3.29. The summed E-state index contributed by atoms with van der Waals surface area (Å²) < 4.78 is 0. The van der Waals surface area contributed by atoms with Gasteiger partial charge < -0.3 is 0 Å². The summed E-state index contributed by atoms with van der Waals surface area (Å²) in [6.07, 6.45) is 0.409. The molecule has 1 aromatic carbocycles. The average Bonchev–Trinajstić information content (AvgIpc) is 2.21. The molecule has 14 heavy (non-hydrogen) atoms. The van der Waals surface area contributed by atoms with Crippen molar-refractivity contribution in [3.8, 4) is 6.07 Å². The summed E-state index contributed by atoms with van der Waals surface area (Å²) in [6.45, 7) is 3.76. The fourth-order valence-corrected chi connectivity index (χ4v) is 1.30. The van der Waals surface area contributed by atoms with Crippen LogP contribution in [-0.2, 0) is 4.79 Å². The minimum atomic E-state index is -0.597. The maximum Gasteiger partial charge on any atom is 0.154 e. The molecule has 72 valence electrons. The van der Waals surface area contributed by atoms with Crippen molar-refractivity contribution >= 4 is 5.78 Å². The van der Waals surface area contributed by atoms with Crippen molar-refractivity contribution in [3.63, 3.8) is 0 Å². The van der Waals surface area contributed by atoms with E-state index < -0.39 is 5.92 Å². The predicted molar refractivity (Wildman–Crippen MR) is 54.8 cm³/mol. The number of nitrogens with zero attached hydrogens (tertiary/aromatic N) is 1. The number of carbonyl (C=O) groups is 1. The Morgan fingerprint density at radius 3 is 2.43 bits per heavy atom. The third-order valence-electron chi connectivity index (χ3n) is 2.21. The Morgan fingerprint density at radius 1 is 1.43 bits per heavy atom. The topological polar surface area (TPSA) is 40.9 Å². The first-order valence-electron chi connectivity index (χ1n) is 4.68. The summed E-state index contributed by atoms with van der Waals surface area (Å²) >= 11 is 0. The highest BCUT2D eigenvalue weighted by Gasteiger charge is 2.17. The highest BCUT2D eigenvalue weighted by atomic mass is 16.1. The number of nitriles is 1. The maximum absolute atomic E-state index is 11.4. The summed E-state index contributed by atoms with van der Waals surface area (Å²) in [5.74, 6) is -0.614. The molecule has 1 atom stereocenters. The van der Waals surface area contributed by atoms with Gasteiger partial charge in [0, 0.05) is 6.42 Å². The van der Waals surface area contributed by atoms with E-state index in [2.05, 4.69) is 0 Å². The summed E-state index contributed by atoms with van der Waals surface area (Å²) in [6, 6.07) is 9.57. The Morgan fingerprint density at radius 2 is 2.00 bits per heavy atom. The summed E-state index contributed by atoms with van der Waals surface area (Å²) in [7, 11) is 0. The molecular weight excluding hydrogens is 174 g/mol. The van der Waals surface area contributed by atoms with E-state index >= 15 is 0 Å². The van der Waals surface area contributed by atoms with Gasteiger partial charge in [-0.15, -0.1) is 0 Å². The lowest BCUT2D eigenvalue weighted by molar-refractivity contribution is -0.119. The Balaban J connectivity index is 2.97. The van der Waals surface area contributed by atoms with E-state index in [0.717, 1.165) is 11.1 Å². The molecule has 0 aliphatic carbocycles. The second kappa shape index (κ2) is 4.57. The fraction of sp³-hybridized carbons (Fsp3) is 0.333. The maximum atomic E-state index is 11.4. The van der Waals surface area contributed by atoms with E-state index in [1.54, 1.807) is 6.92 Å². The van der Waals surface area contributed by atoms with Gasteiger partial charge >= 0.3 is 0 Å². The standard InChI is InChI=1S/C12H13NO/c1-3-12(14)11(8-13)10-6-4-9(2)5-7-10/h4-7,11H,3H2,1-2H3/t11-/m0/s1. The van der Waals surface area contributed by atoms with Crippen LogP contribution in [0.2, 0.25) is 0 Å². The van der Waals surface area contributed by atoms with Crippen LogP contribution in [0.4, 0.5) is 0 Å². The van der Waals surface area contributed by atoms with E-state index in [4.69, 9.17) is 5.26 Å². The van der Waals surface area contributed by atoms with Gasteiger partial charge in [-0.05, 0) is 12.5 Å². The number of ketones is 1. The summed E-state index contributed by atoms with van der Waals surface area (Å²) in [4.78, 5) is 11.4. The number of hydrogen-bond acceptors (Lipinski definition) is 2. The van der Waals surface area contributed by atoms with Gasteiger partial charge in [-0.3, -0.25) is 4.79 Å². The van der Waals surface area contributed by atoms with Gasteiger partial charge in [0.2, 0.25) is 0 Å². The van der Waals surface area contributed by atoms with Crippen LogP contribution >= 0.6 is 0 Å². The van der Waals surface area contributed by atoms with E-state index in [-0.39, 0.29) is 5.78 Å². The van der Waals surface area contributed by atoms with Crippen LogP contribution in [0.3, 0.4) is 0 Å². The van der Waals surface area contributed by atoms with Crippen molar-refractivity contribution in [1.82, 2.24) is 0 Å². The number of Topliss-reactive ketones (excluding diaryl/α,β-unsaturated/α-hetero) is 1. The molecule has 0 aliphatic heterocycles. The molecule has 0 radical (unpaired) electrons. The van der Waals surface area contributed by atoms with Crippen molar-refractivity contribution in [2.45, 2.75) is 26.2 Å². The van der Waals surface area contributed by atoms with Crippen LogP contribution < -0.4 is 0 Å². The third kappa shape index (κ3) is 2.20. The van der Waals surface area contributed by atoms with Crippen LogP contribution in [0.25, 0.3) is 0 Å². The number of benzene rings is 1. The average molecular weight is 187 g/mol. The smallest absolute Gasteiger partial charge is 0.154 e. The number of carbonyl (C=O) groups excluding carboxylic acids is 1. The normalized spacial score (nSPS) is 11.8. The molecule has 2 heteroatoms. The van der Waals surface area contributed by atoms with Crippen molar-refractivity contribution in [2.24, 2.45) is 0 Å². The molecule has 0 N–H and O–H groups in total. The van der Waals surface area contributed by atoms with Gasteiger partial charge in [0.15, 0.2) is 5.78 Å². The van der Waals surface area contributed by atoms with E-state index in [0.29, 0.717) is 6.42 Å². The van der Waals surface area contributed by atoms with Crippen molar-refractivity contribution in [1.29, 1.82) is 5.26 Å². The van der Waals surface area contributed by atoms with Crippen molar-refractivity contribution in [3.05, 3.63) is 35.4 Å². The lowest BCUT2D eigenvalue weighted by Crippen LogP contribution is -2.09. The molecule has 1 rings (SSSR count). The molecule has 0 saturated heterocycles. The van der Waals surface area contributed by atoms with E-state index in [1.807, 2.05) is 37.3 Å². The van der Waals surface area contributed by atoms with Crippen LogP contribution in [0, 0.1) is 18.3 Å². The van der Waals surface area contributed by atoms with Crippen molar-refractivity contribution < 1.29 is 4.79 Å². The van der Waals surface area contributed by atoms with Gasteiger partial charge in [0.05, 0.1) is 6.07 Å². The zero-order valence-corrected chi connectivity index (χ0v) is 8.45. The SMILES string of the molecule is CCC(=O)[C@@H](C#N)c1ccc(C)cc1. The molecule has 0 aromatic heterocycles. The van der Waals surface area contributed by atoms with Gasteiger partial charge in [-0.25, -0.2) is 0 Å². The number of hydrogen-bond donors (Lipinski definition) is 0. The van der Waals surface area contributed by atoms with Crippen molar-refractivity contribution in [2.75, 3.05) is 0 Å². The van der Waals surface area contributed by atoms with Crippen LogP contribution in [0.15, 0.2) is 24.3 Å². The molecule has 1 aromatic rings. The van der Waals surface area contributed by atoms with Gasteiger partial charge in [0.25, 0.3) is 0 Å². The molecule has 0 bridgehead atoms. The molecular formula is C12H13NO. The Bertz CT molecular complexity index is 359. The summed E-state index contributed by atoms with van der Waals surface area (Å²) in [5, 5.41) is 8.88. The highest BCUT2D eigenvalue weighted by molar-refractivity contribution is 5.88. The highest BCUT2D eigenvalue weighted by Crippen LogP contribution is 2.17. The summed E-state index contributed by atoms with van der Waals surface area (Å²) in [5.41, 5.74) is 1.93. The minimum Gasteiger partial charge on any atom is -0.298 e.